The molecule has 0 saturated carbocycles. The van der Waals surface area contributed by atoms with Crippen molar-refractivity contribution >= 4 is 5.78 Å². The third-order valence-electron chi connectivity index (χ3n) is 3.87. The minimum absolute atomic E-state index is 0.0218. The molecule has 1 aliphatic rings. The zero-order valence-electron chi connectivity index (χ0n) is 11.7. The van der Waals surface area contributed by atoms with E-state index in [-0.39, 0.29) is 11.7 Å². The summed E-state index contributed by atoms with van der Waals surface area (Å²) in [7, 11) is 3.30. The highest BCUT2D eigenvalue weighted by atomic mass is 16.5. The number of carbonyl (C=O) groups excluding carboxylic acids is 1. The summed E-state index contributed by atoms with van der Waals surface area (Å²) in [5.41, 5.74) is 1.56. The molecule has 1 aliphatic carbocycles. The molecule has 0 saturated heterocycles. The van der Waals surface area contributed by atoms with Crippen molar-refractivity contribution in [1.29, 1.82) is 0 Å². The van der Waals surface area contributed by atoms with Crippen LogP contribution in [0.3, 0.4) is 0 Å². The second-order valence-corrected chi connectivity index (χ2v) is 5.42. The highest BCUT2D eigenvalue weighted by Crippen LogP contribution is 2.45. The van der Waals surface area contributed by atoms with E-state index in [9.17, 15) is 4.79 Å². The summed E-state index contributed by atoms with van der Waals surface area (Å²) in [5.74, 6) is 1.91. The second-order valence-electron chi connectivity index (χ2n) is 5.42. The molecule has 0 N–H and O–H groups in total. The van der Waals surface area contributed by atoms with E-state index in [1.54, 1.807) is 14.2 Å². The topological polar surface area (TPSA) is 35.5 Å². The molecule has 1 aromatic carbocycles. The lowest BCUT2D eigenvalue weighted by molar-refractivity contribution is -0.127. The minimum Gasteiger partial charge on any atom is -0.496 e. The molecule has 0 radical (unpaired) electrons. The minimum atomic E-state index is -0.521. The molecular formula is C15H20O3. The number of ether oxygens (including phenoxy) is 2. The standard InChI is InChI=1S/C15H20O3/c1-9-8-10-11(17-4)6-7-12(18-5)13(10)15(2,3)14(9)16/h6-7,9H,8H2,1-5H3/t9-/m0/s1. The van der Waals surface area contributed by atoms with Crippen LogP contribution in [-0.2, 0) is 16.6 Å². The summed E-state index contributed by atoms with van der Waals surface area (Å²) in [5, 5.41) is 0. The van der Waals surface area contributed by atoms with E-state index < -0.39 is 5.41 Å². The summed E-state index contributed by atoms with van der Waals surface area (Å²) in [6.07, 6.45) is 0.720. The van der Waals surface area contributed by atoms with E-state index in [4.69, 9.17) is 9.47 Å². The number of fused-ring (bicyclic) bond motifs is 1. The summed E-state index contributed by atoms with van der Waals surface area (Å²) in [6.45, 7) is 5.91. The van der Waals surface area contributed by atoms with E-state index >= 15 is 0 Å². The van der Waals surface area contributed by atoms with Gasteiger partial charge in [0.05, 0.1) is 19.6 Å². The van der Waals surface area contributed by atoms with Crippen LogP contribution in [-0.4, -0.2) is 20.0 Å². The fourth-order valence-corrected chi connectivity index (χ4v) is 2.99. The number of methoxy groups -OCH3 is 2. The Labute approximate surface area is 108 Å². The van der Waals surface area contributed by atoms with E-state index in [2.05, 4.69) is 0 Å². The van der Waals surface area contributed by atoms with Gasteiger partial charge in [-0.15, -0.1) is 0 Å². The first kappa shape index (κ1) is 12.9. The molecule has 3 heteroatoms. The van der Waals surface area contributed by atoms with Gasteiger partial charge in [0.15, 0.2) is 0 Å². The molecule has 0 aliphatic heterocycles. The maximum Gasteiger partial charge on any atom is 0.146 e. The van der Waals surface area contributed by atoms with Crippen LogP contribution in [0.5, 0.6) is 11.5 Å². The molecule has 0 spiro atoms. The summed E-state index contributed by atoms with van der Waals surface area (Å²) < 4.78 is 10.8. The molecule has 1 atom stereocenters. The molecule has 0 unspecified atom stereocenters. The number of hydrogen-bond donors (Lipinski definition) is 0. The van der Waals surface area contributed by atoms with Gasteiger partial charge < -0.3 is 9.47 Å². The Morgan fingerprint density at radius 1 is 1.17 bits per heavy atom. The van der Waals surface area contributed by atoms with Crippen LogP contribution in [0.25, 0.3) is 0 Å². The van der Waals surface area contributed by atoms with Crippen molar-refractivity contribution in [3.63, 3.8) is 0 Å². The van der Waals surface area contributed by atoms with Gasteiger partial charge in [-0.25, -0.2) is 0 Å². The third-order valence-corrected chi connectivity index (χ3v) is 3.87. The van der Waals surface area contributed by atoms with Gasteiger partial charge in [0.1, 0.15) is 17.3 Å². The number of hydrogen-bond acceptors (Lipinski definition) is 3. The Bertz CT molecular complexity index is 489. The largest absolute Gasteiger partial charge is 0.496 e. The molecule has 2 rings (SSSR count). The SMILES string of the molecule is COc1ccc(OC)c2c1C[C@H](C)C(=O)C2(C)C. The molecule has 3 nitrogen and oxygen atoms in total. The van der Waals surface area contributed by atoms with E-state index in [0.717, 1.165) is 29.0 Å². The number of Topliss-reactive ketones (excluding diaryl/α,β-unsaturated/α-hetero) is 1. The number of rotatable bonds is 2. The van der Waals surface area contributed by atoms with Crippen LogP contribution in [0.4, 0.5) is 0 Å². The molecule has 1 aromatic rings. The number of ketones is 1. The van der Waals surface area contributed by atoms with E-state index in [0.29, 0.717) is 0 Å². The van der Waals surface area contributed by atoms with Crippen LogP contribution in [0.15, 0.2) is 12.1 Å². The third kappa shape index (κ3) is 1.69. The van der Waals surface area contributed by atoms with Crippen molar-refractivity contribution in [2.45, 2.75) is 32.6 Å². The Balaban J connectivity index is 2.74. The summed E-state index contributed by atoms with van der Waals surface area (Å²) in [4.78, 5) is 12.4. The van der Waals surface area contributed by atoms with Crippen molar-refractivity contribution in [3.8, 4) is 11.5 Å². The molecule has 0 heterocycles. The van der Waals surface area contributed by atoms with Gasteiger partial charge >= 0.3 is 0 Å². The van der Waals surface area contributed by atoms with Crippen LogP contribution in [0.1, 0.15) is 31.9 Å². The normalized spacial score (nSPS) is 21.4. The van der Waals surface area contributed by atoms with Crippen molar-refractivity contribution in [2.75, 3.05) is 14.2 Å². The fraction of sp³-hybridized carbons (Fsp3) is 0.533. The molecule has 0 aromatic heterocycles. The smallest absolute Gasteiger partial charge is 0.146 e. The van der Waals surface area contributed by atoms with E-state index in [1.807, 2.05) is 32.9 Å². The molecule has 0 fully saturated rings. The quantitative estimate of drug-likeness (QED) is 0.807. The first-order valence-electron chi connectivity index (χ1n) is 6.22. The average molecular weight is 248 g/mol. The number of benzene rings is 1. The summed E-state index contributed by atoms with van der Waals surface area (Å²) >= 11 is 0. The van der Waals surface area contributed by atoms with Gasteiger partial charge in [-0.3, -0.25) is 4.79 Å². The Morgan fingerprint density at radius 2 is 1.72 bits per heavy atom. The van der Waals surface area contributed by atoms with E-state index in [1.165, 1.54) is 0 Å². The predicted molar refractivity (Wildman–Crippen MR) is 70.4 cm³/mol. The van der Waals surface area contributed by atoms with Crippen molar-refractivity contribution in [1.82, 2.24) is 0 Å². The molecule has 18 heavy (non-hydrogen) atoms. The van der Waals surface area contributed by atoms with Gasteiger partial charge in [-0.05, 0) is 32.4 Å². The first-order chi connectivity index (χ1) is 8.43. The zero-order chi connectivity index (χ0) is 13.5. The number of carbonyl (C=O) groups is 1. The molecule has 0 amide bonds. The highest BCUT2D eigenvalue weighted by Gasteiger charge is 2.42. The summed E-state index contributed by atoms with van der Waals surface area (Å²) in [6, 6.07) is 3.79. The zero-order valence-corrected chi connectivity index (χ0v) is 11.7. The highest BCUT2D eigenvalue weighted by molar-refractivity contribution is 5.94. The Kier molecular flexibility index (Phi) is 3.09. The monoisotopic (exact) mass is 248 g/mol. The lowest BCUT2D eigenvalue weighted by Gasteiger charge is -2.36. The maximum absolute atomic E-state index is 12.4. The van der Waals surface area contributed by atoms with Crippen molar-refractivity contribution < 1.29 is 14.3 Å². The maximum atomic E-state index is 12.4. The lowest BCUT2D eigenvalue weighted by atomic mass is 9.67. The van der Waals surface area contributed by atoms with Gasteiger partial charge in [-0.1, -0.05) is 6.92 Å². The van der Waals surface area contributed by atoms with Gasteiger partial charge in [0, 0.05) is 17.0 Å². The molecular weight excluding hydrogens is 228 g/mol. The first-order valence-corrected chi connectivity index (χ1v) is 6.22. The van der Waals surface area contributed by atoms with Gasteiger partial charge in [0.2, 0.25) is 0 Å². The van der Waals surface area contributed by atoms with Crippen molar-refractivity contribution in [3.05, 3.63) is 23.3 Å². The van der Waals surface area contributed by atoms with Gasteiger partial charge in [0.25, 0.3) is 0 Å². The predicted octanol–water partition coefficient (Wildman–Crippen LogP) is 2.74. The van der Waals surface area contributed by atoms with Crippen LogP contribution in [0.2, 0.25) is 0 Å². The Hall–Kier alpha value is -1.51. The lowest BCUT2D eigenvalue weighted by Crippen LogP contribution is -2.40. The fourth-order valence-electron chi connectivity index (χ4n) is 2.99. The molecule has 0 bridgehead atoms. The van der Waals surface area contributed by atoms with Crippen LogP contribution < -0.4 is 9.47 Å². The average Bonchev–Trinajstić information content (AvgIpc) is 2.35. The Morgan fingerprint density at radius 3 is 2.28 bits per heavy atom. The second kappa shape index (κ2) is 4.30. The van der Waals surface area contributed by atoms with Crippen molar-refractivity contribution in [2.24, 2.45) is 5.92 Å². The van der Waals surface area contributed by atoms with Crippen LogP contribution in [0, 0.1) is 5.92 Å². The van der Waals surface area contributed by atoms with Crippen LogP contribution >= 0.6 is 0 Å². The van der Waals surface area contributed by atoms with Gasteiger partial charge in [-0.2, -0.15) is 0 Å². The molecule has 98 valence electrons.